The van der Waals surface area contributed by atoms with Crippen molar-refractivity contribution in [2.24, 2.45) is 0 Å². The first-order valence-corrected chi connectivity index (χ1v) is 7.67. The quantitative estimate of drug-likeness (QED) is 0.843. The first-order valence-electron chi connectivity index (χ1n) is 5.47. The van der Waals surface area contributed by atoms with Gasteiger partial charge in [0.2, 0.25) is 10.0 Å². The lowest BCUT2D eigenvalue weighted by Crippen LogP contribution is -2.44. The minimum Gasteiger partial charge on any atom is -0.376 e. The molecule has 0 spiro atoms. The van der Waals surface area contributed by atoms with Crippen LogP contribution in [0.5, 0.6) is 0 Å². The van der Waals surface area contributed by atoms with Crippen LogP contribution in [0.15, 0.2) is 23.1 Å². The van der Waals surface area contributed by atoms with E-state index in [1.807, 2.05) is 6.92 Å². The van der Waals surface area contributed by atoms with E-state index in [1.165, 1.54) is 22.5 Å². The topological polar surface area (TPSA) is 46.6 Å². The van der Waals surface area contributed by atoms with Crippen LogP contribution in [-0.2, 0) is 14.8 Å². The number of hydrogen-bond acceptors (Lipinski definition) is 3. The third kappa shape index (κ3) is 2.97. The molecule has 1 atom stereocenters. The normalized spacial score (nSPS) is 22.1. The van der Waals surface area contributed by atoms with Crippen molar-refractivity contribution in [1.82, 2.24) is 4.31 Å². The van der Waals surface area contributed by atoms with Crippen LogP contribution in [0.25, 0.3) is 0 Å². The van der Waals surface area contributed by atoms with Crippen molar-refractivity contribution >= 4 is 33.2 Å². The van der Waals surface area contributed by atoms with Crippen LogP contribution >= 0.6 is 23.2 Å². The molecule has 4 nitrogen and oxygen atoms in total. The molecule has 18 heavy (non-hydrogen) atoms. The fraction of sp³-hybridized carbons (Fsp3) is 0.455. The van der Waals surface area contributed by atoms with Gasteiger partial charge in [0.25, 0.3) is 0 Å². The lowest BCUT2D eigenvalue weighted by atomic mass is 10.3. The Hall–Kier alpha value is -0.330. The predicted molar refractivity (Wildman–Crippen MR) is 70.6 cm³/mol. The zero-order chi connectivity index (χ0) is 13.3. The number of rotatable bonds is 2. The molecule has 100 valence electrons. The molecular formula is C11H13Cl2NO3S. The second kappa shape index (κ2) is 5.35. The van der Waals surface area contributed by atoms with Crippen LogP contribution < -0.4 is 0 Å². The van der Waals surface area contributed by atoms with Gasteiger partial charge in [0.05, 0.1) is 17.6 Å². The highest BCUT2D eigenvalue weighted by Crippen LogP contribution is 2.25. The monoisotopic (exact) mass is 309 g/mol. The first-order chi connectivity index (χ1) is 8.39. The van der Waals surface area contributed by atoms with Crippen LogP contribution in [0.3, 0.4) is 0 Å². The van der Waals surface area contributed by atoms with E-state index in [1.54, 1.807) is 0 Å². The molecule has 0 saturated carbocycles. The van der Waals surface area contributed by atoms with Crippen molar-refractivity contribution in [3.05, 3.63) is 28.2 Å². The minimum absolute atomic E-state index is 0.108. The number of halogens is 2. The summed E-state index contributed by atoms with van der Waals surface area (Å²) in [6.07, 6.45) is -0.108. The van der Waals surface area contributed by atoms with Crippen LogP contribution in [-0.4, -0.2) is 38.5 Å². The first kappa shape index (κ1) is 14.1. The van der Waals surface area contributed by atoms with Crippen molar-refractivity contribution in [3.63, 3.8) is 0 Å². The Morgan fingerprint density at radius 3 is 2.44 bits per heavy atom. The Morgan fingerprint density at radius 2 is 1.89 bits per heavy atom. The average Bonchev–Trinajstić information content (AvgIpc) is 2.27. The van der Waals surface area contributed by atoms with Gasteiger partial charge in [-0.15, -0.1) is 0 Å². The summed E-state index contributed by atoms with van der Waals surface area (Å²) in [5.41, 5.74) is 0. The second-order valence-electron chi connectivity index (χ2n) is 4.15. The third-order valence-electron chi connectivity index (χ3n) is 2.68. The van der Waals surface area contributed by atoms with E-state index in [9.17, 15) is 8.42 Å². The zero-order valence-corrected chi connectivity index (χ0v) is 12.1. The number of benzene rings is 1. The summed E-state index contributed by atoms with van der Waals surface area (Å²) in [7, 11) is -3.56. The molecule has 2 rings (SSSR count). The summed E-state index contributed by atoms with van der Waals surface area (Å²) < 4.78 is 31.5. The highest BCUT2D eigenvalue weighted by molar-refractivity contribution is 7.89. The van der Waals surface area contributed by atoms with Gasteiger partial charge in [-0.05, 0) is 25.1 Å². The largest absolute Gasteiger partial charge is 0.376 e. The summed E-state index contributed by atoms with van der Waals surface area (Å²) in [5.74, 6) is 0. The standard InChI is InChI=1S/C11H13Cl2NO3S/c1-8-7-14(2-3-17-8)18(15,16)11-5-9(12)4-10(13)6-11/h4-6,8H,2-3,7H2,1H3/t8-/m1/s1. The lowest BCUT2D eigenvalue weighted by Gasteiger charge is -2.30. The average molecular weight is 310 g/mol. The molecule has 0 unspecified atom stereocenters. The van der Waals surface area contributed by atoms with E-state index in [4.69, 9.17) is 27.9 Å². The molecule has 1 aromatic carbocycles. The van der Waals surface area contributed by atoms with E-state index in [2.05, 4.69) is 0 Å². The molecule has 0 N–H and O–H groups in total. The molecule has 0 amide bonds. The molecule has 1 fully saturated rings. The Balaban J connectivity index is 2.35. The zero-order valence-electron chi connectivity index (χ0n) is 9.77. The molecule has 1 heterocycles. The smallest absolute Gasteiger partial charge is 0.243 e. The van der Waals surface area contributed by atoms with Crippen molar-refractivity contribution in [3.8, 4) is 0 Å². The Kier molecular flexibility index (Phi) is 4.18. The number of hydrogen-bond donors (Lipinski definition) is 0. The number of sulfonamides is 1. The van der Waals surface area contributed by atoms with Gasteiger partial charge < -0.3 is 4.74 Å². The third-order valence-corrected chi connectivity index (χ3v) is 4.96. The molecular weight excluding hydrogens is 297 g/mol. The van der Waals surface area contributed by atoms with E-state index in [-0.39, 0.29) is 11.0 Å². The maximum Gasteiger partial charge on any atom is 0.243 e. The molecule has 1 aliphatic rings. The maximum absolute atomic E-state index is 12.4. The van der Waals surface area contributed by atoms with E-state index in [0.29, 0.717) is 29.7 Å². The lowest BCUT2D eigenvalue weighted by molar-refractivity contribution is 0.0102. The van der Waals surface area contributed by atoms with Crippen LogP contribution in [0.4, 0.5) is 0 Å². The summed E-state index contributed by atoms with van der Waals surface area (Å²) >= 11 is 11.7. The Morgan fingerprint density at radius 1 is 1.28 bits per heavy atom. The Bertz CT molecular complexity index is 527. The van der Waals surface area contributed by atoms with Gasteiger partial charge in [-0.2, -0.15) is 4.31 Å². The summed E-state index contributed by atoms with van der Waals surface area (Å²) in [6, 6.07) is 4.32. The molecule has 0 aromatic heterocycles. The van der Waals surface area contributed by atoms with Gasteiger partial charge in [-0.25, -0.2) is 8.42 Å². The molecule has 1 saturated heterocycles. The van der Waals surface area contributed by atoms with Gasteiger partial charge in [0.15, 0.2) is 0 Å². The van der Waals surface area contributed by atoms with Crippen molar-refractivity contribution in [2.45, 2.75) is 17.9 Å². The van der Waals surface area contributed by atoms with E-state index in [0.717, 1.165) is 0 Å². The summed E-state index contributed by atoms with van der Waals surface area (Å²) in [5, 5.41) is 0.616. The van der Waals surface area contributed by atoms with Crippen molar-refractivity contribution in [2.75, 3.05) is 19.7 Å². The van der Waals surface area contributed by atoms with Crippen LogP contribution in [0.2, 0.25) is 10.0 Å². The number of nitrogens with zero attached hydrogens (tertiary/aromatic N) is 1. The minimum atomic E-state index is -3.56. The van der Waals surface area contributed by atoms with Gasteiger partial charge >= 0.3 is 0 Å². The van der Waals surface area contributed by atoms with E-state index >= 15 is 0 Å². The fourth-order valence-electron chi connectivity index (χ4n) is 1.83. The Labute approximate surface area is 116 Å². The molecule has 0 aliphatic carbocycles. The summed E-state index contributed by atoms with van der Waals surface area (Å²) in [4.78, 5) is 0.120. The van der Waals surface area contributed by atoms with Gasteiger partial charge in [-0.1, -0.05) is 23.2 Å². The highest BCUT2D eigenvalue weighted by atomic mass is 35.5. The maximum atomic E-state index is 12.4. The van der Waals surface area contributed by atoms with E-state index < -0.39 is 10.0 Å². The fourth-order valence-corrected chi connectivity index (χ4v) is 4.06. The van der Waals surface area contributed by atoms with Crippen LogP contribution in [0.1, 0.15) is 6.92 Å². The summed E-state index contributed by atoms with van der Waals surface area (Å²) in [6.45, 7) is 2.92. The second-order valence-corrected chi connectivity index (χ2v) is 6.96. The highest BCUT2D eigenvalue weighted by Gasteiger charge is 2.29. The number of morpholine rings is 1. The number of ether oxygens (including phenoxy) is 1. The molecule has 0 bridgehead atoms. The van der Waals surface area contributed by atoms with Gasteiger partial charge in [0, 0.05) is 23.1 Å². The SMILES string of the molecule is C[C@@H]1CN(S(=O)(=O)c2cc(Cl)cc(Cl)c2)CCO1. The van der Waals surface area contributed by atoms with Gasteiger partial charge in [0.1, 0.15) is 0 Å². The molecule has 1 aliphatic heterocycles. The van der Waals surface area contributed by atoms with Crippen molar-refractivity contribution < 1.29 is 13.2 Å². The predicted octanol–water partition coefficient (Wildman–Crippen LogP) is 2.40. The molecule has 0 radical (unpaired) electrons. The van der Waals surface area contributed by atoms with Gasteiger partial charge in [-0.3, -0.25) is 0 Å². The van der Waals surface area contributed by atoms with Crippen LogP contribution in [0, 0.1) is 0 Å². The van der Waals surface area contributed by atoms with Crippen molar-refractivity contribution in [1.29, 1.82) is 0 Å². The molecule has 7 heteroatoms. The molecule has 1 aromatic rings.